The van der Waals surface area contributed by atoms with Gasteiger partial charge >= 0.3 is 5.97 Å². The summed E-state index contributed by atoms with van der Waals surface area (Å²) in [6.07, 6.45) is 4.46. The minimum absolute atomic E-state index is 0.0513. The van der Waals surface area contributed by atoms with Crippen molar-refractivity contribution in [3.05, 3.63) is 0 Å². The van der Waals surface area contributed by atoms with Gasteiger partial charge in [-0.2, -0.15) is 0 Å². The molecule has 1 fully saturated rings. The molecular formula is C15H28O2. The molecule has 2 unspecified atom stereocenters. The molecule has 0 saturated heterocycles. The maximum absolute atomic E-state index is 12.1. The van der Waals surface area contributed by atoms with Gasteiger partial charge in [-0.1, -0.05) is 20.3 Å². The molecule has 1 rings (SSSR count). The first-order valence-electron chi connectivity index (χ1n) is 6.92. The van der Waals surface area contributed by atoms with Crippen LogP contribution in [0.2, 0.25) is 0 Å². The molecule has 0 aromatic heterocycles. The van der Waals surface area contributed by atoms with Crippen molar-refractivity contribution in [2.24, 2.45) is 17.3 Å². The van der Waals surface area contributed by atoms with Gasteiger partial charge in [-0.25, -0.2) is 0 Å². The first kappa shape index (κ1) is 14.5. The molecule has 1 aliphatic rings. The van der Waals surface area contributed by atoms with Gasteiger partial charge in [0.15, 0.2) is 0 Å². The van der Waals surface area contributed by atoms with Gasteiger partial charge in [0.25, 0.3) is 0 Å². The maximum atomic E-state index is 12.1. The summed E-state index contributed by atoms with van der Waals surface area (Å²) in [5, 5.41) is 0. The van der Waals surface area contributed by atoms with E-state index < -0.39 is 0 Å². The number of carbonyl (C=O) groups excluding carboxylic acids is 1. The second-order valence-corrected chi connectivity index (χ2v) is 6.85. The number of hydrogen-bond acceptors (Lipinski definition) is 2. The summed E-state index contributed by atoms with van der Waals surface area (Å²) in [6, 6.07) is 0. The lowest BCUT2D eigenvalue weighted by molar-refractivity contribution is -0.172. The van der Waals surface area contributed by atoms with E-state index in [2.05, 4.69) is 20.8 Å². The highest BCUT2D eigenvalue weighted by molar-refractivity contribution is 5.76. The van der Waals surface area contributed by atoms with Crippen molar-refractivity contribution >= 4 is 5.97 Å². The molecule has 0 aromatic rings. The summed E-state index contributed by atoms with van der Waals surface area (Å²) >= 11 is 0. The Bertz CT molecular complexity index is 279. The lowest BCUT2D eigenvalue weighted by atomic mass is 9.86. The Kier molecular flexibility index (Phi) is 4.27. The van der Waals surface area contributed by atoms with Crippen molar-refractivity contribution in [2.75, 3.05) is 0 Å². The van der Waals surface area contributed by atoms with E-state index in [0.717, 1.165) is 12.3 Å². The van der Waals surface area contributed by atoms with Crippen LogP contribution in [0.4, 0.5) is 0 Å². The van der Waals surface area contributed by atoms with E-state index >= 15 is 0 Å². The molecule has 0 amide bonds. The van der Waals surface area contributed by atoms with Crippen LogP contribution in [-0.2, 0) is 9.53 Å². The van der Waals surface area contributed by atoms with Gasteiger partial charge in [-0.3, -0.25) is 4.79 Å². The minimum Gasteiger partial charge on any atom is -0.459 e. The van der Waals surface area contributed by atoms with E-state index in [4.69, 9.17) is 4.74 Å². The lowest BCUT2D eigenvalue weighted by Gasteiger charge is -2.35. The molecule has 0 spiro atoms. The Morgan fingerprint density at radius 3 is 2.24 bits per heavy atom. The lowest BCUT2D eigenvalue weighted by Crippen LogP contribution is -2.40. The third kappa shape index (κ3) is 3.46. The van der Waals surface area contributed by atoms with Crippen LogP contribution >= 0.6 is 0 Å². The van der Waals surface area contributed by atoms with E-state index in [1.54, 1.807) is 0 Å². The van der Waals surface area contributed by atoms with Gasteiger partial charge < -0.3 is 4.74 Å². The molecule has 0 aromatic carbocycles. The largest absolute Gasteiger partial charge is 0.459 e. The molecule has 0 radical (unpaired) electrons. The van der Waals surface area contributed by atoms with Gasteiger partial charge in [0.05, 0.1) is 5.41 Å². The van der Waals surface area contributed by atoms with E-state index in [1.165, 1.54) is 19.3 Å². The fourth-order valence-electron chi connectivity index (χ4n) is 2.44. The van der Waals surface area contributed by atoms with E-state index in [1.807, 2.05) is 20.8 Å². The van der Waals surface area contributed by atoms with Crippen LogP contribution in [0.25, 0.3) is 0 Å². The summed E-state index contributed by atoms with van der Waals surface area (Å²) in [5.74, 6) is 1.25. The summed E-state index contributed by atoms with van der Waals surface area (Å²) in [6.45, 7) is 12.4. The van der Waals surface area contributed by atoms with Crippen molar-refractivity contribution in [1.82, 2.24) is 0 Å². The Morgan fingerprint density at radius 1 is 1.24 bits per heavy atom. The Morgan fingerprint density at radius 2 is 1.82 bits per heavy atom. The molecule has 2 nitrogen and oxygen atoms in total. The molecule has 100 valence electrons. The van der Waals surface area contributed by atoms with Crippen molar-refractivity contribution in [2.45, 2.75) is 72.8 Å². The minimum atomic E-state index is -0.360. The predicted molar refractivity (Wildman–Crippen MR) is 70.7 cm³/mol. The third-order valence-electron chi connectivity index (χ3n) is 4.47. The molecule has 2 atom stereocenters. The van der Waals surface area contributed by atoms with Crippen molar-refractivity contribution in [1.29, 1.82) is 0 Å². The summed E-state index contributed by atoms with van der Waals surface area (Å²) in [4.78, 5) is 12.1. The quantitative estimate of drug-likeness (QED) is 0.689. The number of esters is 1. The fourth-order valence-corrected chi connectivity index (χ4v) is 2.44. The average Bonchev–Trinajstić information content (AvgIpc) is 2.65. The molecular weight excluding hydrogens is 212 g/mol. The molecule has 0 heterocycles. The average molecular weight is 240 g/mol. The zero-order valence-corrected chi connectivity index (χ0v) is 12.3. The Hall–Kier alpha value is -0.530. The van der Waals surface area contributed by atoms with Crippen LogP contribution in [0.3, 0.4) is 0 Å². The van der Waals surface area contributed by atoms with Gasteiger partial charge in [0.1, 0.15) is 5.60 Å². The normalized spacial score (nSPS) is 26.0. The molecule has 1 aliphatic carbocycles. The van der Waals surface area contributed by atoms with Crippen LogP contribution in [-0.4, -0.2) is 11.6 Å². The Labute approximate surface area is 106 Å². The van der Waals surface area contributed by atoms with Crippen molar-refractivity contribution < 1.29 is 9.53 Å². The van der Waals surface area contributed by atoms with Crippen LogP contribution in [0.5, 0.6) is 0 Å². The first-order chi connectivity index (χ1) is 7.69. The molecule has 1 saturated carbocycles. The van der Waals surface area contributed by atoms with E-state index in [9.17, 15) is 4.79 Å². The molecule has 2 heteroatoms. The van der Waals surface area contributed by atoms with Crippen LogP contribution in [0, 0.1) is 17.3 Å². The molecule has 0 bridgehead atoms. The highest BCUT2D eigenvalue weighted by atomic mass is 16.6. The van der Waals surface area contributed by atoms with Crippen molar-refractivity contribution in [3.63, 3.8) is 0 Å². The zero-order valence-electron chi connectivity index (χ0n) is 12.3. The summed E-state index contributed by atoms with van der Waals surface area (Å²) in [7, 11) is 0. The second kappa shape index (κ2) is 4.99. The number of rotatable bonds is 4. The van der Waals surface area contributed by atoms with E-state index in [0.29, 0.717) is 5.92 Å². The monoisotopic (exact) mass is 240 g/mol. The Balaban J connectivity index is 2.63. The van der Waals surface area contributed by atoms with E-state index in [-0.39, 0.29) is 17.0 Å². The van der Waals surface area contributed by atoms with Gasteiger partial charge in [-0.15, -0.1) is 0 Å². The molecule has 0 aliphatic heterocycles. The second-order valence-electron chi connectivity index (χ2n) is 6.85. The third-order valence-corrected chi connectivity index (χ3v) is 4.47. The predicted octanol–water partition coefficient (Wildman–Crippen LogP) is 4.18. The van der Waals surface area contributed by atoms with Gasteiger partial charge in [0.2, 0.25) is 0 Å². The maximum Gasteiger partial charge on any atom is 0.312 e. The summed E-state index contributed by atoms with van der Waals surface area (Å²) in [5.41, 5.74) is -0.671. The first-order valence-corrected chi connectivity index (χ1v) is 6.92. The zero-order chi connectivity index (χ0) is 13.3. The molecule has 0 N–H and O–H groups in total. The van der Waals surface area contributed by atoms with Crippen LogP contribution < -0.4 is 0 Å². The smallest absolute Gasteiger partial charge is 0.312 e. The number of ether oxygens (including phenoxy) is 1. The number of hydrogen-bond donors (Lipinski definition) is 0. The SMILES string of the molecule is CCC(C)(C)C(=O)OC(C)(C)C1CCC(C)C1. The van der Waals surface area contributed by atoms with Crippen molar-refractivity contribution in [3.8, 4) is 0 Å². The number of carbonyl (C=O) groups is 1. The topological polar surface area (TPSA) is 26.3 Å². The standard InChI is InChI=1S/C15H28O2/c1-7-14(3,4)13(16)17-15(5,6)12-9-8-11(2)10-12/h11-12H,7-10H2,1-6H3. The van der Waals surface area contributed by atoms with Crippen LogP contribution in [0.1, 0.15) is 67.2 Å². The van der Waals surface area contributed by atoms with Crippen LogP contribution in [0.15, 0.2) is 0 Å². The van der Waals surface area contributed by atoms with Gasteiger partial charge in [-0.05, 0) is 58.8 Å². The van der Waals surface area contributed by atoms with Gasteiger partial charge in [0, 0.05) is 0 Å². The molecule has 17 heavy (non-hydrogen) atoms. The fraction of sp³-hybridized carbons (Fsp3) is 0.933. The highest BCUT2D eigenvalue weighted by Gasteiger charge is 2.40. The summed E-state index contributed by atoms with van der Waals surface area (Å²) < 4.78 is 5.79. The highest BCUT2D eigenvalue weighted by Crippen LogP contribution is 2.40.